The Morgan fingerprint density at radius 3 is 1.60 bits per heavy atom. The summed E-state index contributed by atoms with van der Waals surface area (Å²) >= 11 is 3.80. The summed E-state index contributed by atoms with van der Waals surface area (Å²) in [6.45, 7) is 0. The van der Waals surface area contributed by atoms with E-state index in [1.54, 1.807) is 0 Å². The van der Waals surface area contributed by atoms with E-state index in [9.17, 15) is 8.42 Å². The fourth-order valence-corrected chi connectivity index (χ4v) is 0. The summed E-state index contributed by atoms with van der Waals surface area (Å²) in [7, 11) is -3.08. The van der Waals surface area contributed by atoms with Crippen molar-refractivity contribution in [3.05, 3.63) is 0 Å². The SMILES string of the molecule is CS(=O)(=O)[S]. The molecule has 31 valence electrons. The van der Waals surface area contributed by atoms with Gasteiger partial charge >= 0.3 is 0 Å². The van der Waals surface area contributed by atoms with Crippen LogP contribution in [0.3, 0.4) is 0 Å². The molecular weight excluding hydrogens is 108 g/mol. The third-order valence-corrected chi connectivity index (χ3v) is 0. The Morgan fingerprint density at radius 2 is 1.60 bits per heavy atom. The molecule has 0 amide bonds. The zero-order valence-corrected chi connectivity index (χ0v) is 4.27. The molecule has 0 heterocycles. The van der Waals surface area contributed by atoms with Crippen LogP contribution in [0.1, 0.15) is 0 Å². The van der Waals surface area contributed by atoms with Crippen molar-refractivity contribution >= 4 is 20.5 Å². The van der Waals surface area contributed by atoms with Gasteiger partial charge in [0.25, 0.3) is 0 Å². The predicted octanol–water partition coefficient (Wildman–Crippen LogP) is 0.144. The quantitative estimate of drug-likeness (QED) is 0.417. The maximum Gasteiger partial charge on any atom is 0.209 e. The lowest BCUT2D eigenvalue weighted by molar-refractivity contribution is 0.616. The molecular formula is CH3O2S2. The van der Waals surface area contributed by atoms with E-state index in [1.165, 1.54) is 0 Å². The van der Waals surface area contributed by atoms with Crippen molar-refractivity contribution < 1.29 is 8.42 Å². The van der Waals surface area contributed by atoms with E-state index >= 15 is 0 Å². The molecule has 0 spiro atoms. The van der Waals surface area contributed by atoms with Crippen LogP contribution in [0.2, 0.25) is 0 Å². The second kappa shape index (κ2) is 1.18. The van der Waals surface area contributed by atoms with Crippen LogP contribution in [0.25, 0.3) is 0 Å². The Hall–Kier alpha value is 0.300. The van der Waals surface area contributed by atoms with E-state index < -0.39 is 8.87 Å². The Labute approximate surface area is 35.9 Å². The summed E-state index contributed by atoms with van der Waals surface area (Å²) in [6.07, 6.45) is 0.975. The first-order valence-corrected chi connectivity index (χ1v) is 3.72. The zero-order valence-electron chi connectivity index (χ0n) is 2.63. The van der Waals surface area contributed by atoms with Crippen molar-refractivity contribution in [2.45, 2.75) is 0 Å². The molecule has 1 radical (unpaired) electrons. The summed E-state index contributed by atoms with van der Waals surface area (Å²) in [5.74, 6) is 0. The molecule has 0 saturated heterocycles. The molecule has 0 bridgehead atoms. The topological polar surface area (TPSA) is 34.1 Å². The summed E-state index contributed by atoms with van der Waals surface area (Å²) in [5.41, 5.74) is 0. The van der Waals surface area contributed by atoms with Crippen LogP contribution in [-0.2, 0) is 8.87 Å². The second-order valence-corrected chi connectivity index (χ2v) is 3.93. The predicted molar refractivity (Wildman–Crippen MR) is 22.4 cm³/mol. The molecule has 4 heteroatoms. The molecule has 0 aromatic rings. The highest BCUT2D eigenvalue weighted by molar-refractivity contribution is 8.63. The van der Waals surface area contributed by atoms with Gasteiger partial charge in [0.15, 0.2) is 0 Å². The molecule has 0 saturated carbocycles. The van der Waals surface area contributed by atoms with Crippen molar-refractivity contribution in [3.63, 3.8) is 0 Å². The van der Waals surface area contributed by atoms with Crippen molar-refractivity contribution in [2.24, 2.45) is 0 Å². The smallest absolute Gasteiger partial charge is 0.209 e. The molecule has 0 fully saturated rings. The van der Waals surface area contributed by atoms with E-state index in [1.807, 2.05) is 0 Å². The average molecular weight is 111 g/mol. The standard InChI is InChI=1S/CH3O2S2/c1-5(2,3)4/h1H3. The molecule has 5 heavy (non-hydrogen) atoms. The summed E-state index contributed by atoms with van der Waals surface area (Å²) in [6, 6.07) is 0. The minimum Gasteiger partial charge on any atom is -0.217 e. The monoisotopic (exact) mass is 111 g/mol. The van der Waals surface area contributed by atoms with Crippen molar-refractivity contribution in [1.82, 2.24) is 0 Å². The largest absolute Gasteiger partial charge is 0.217 e. The third-order valence-electron chi connectivity index (χ3n) is 0. The highest BCUT2D eigenvalue weighted by Gasteiger charge is 1.83. The van der Waals surface area contributed by atoms with Crippen molar-refractivity contribution in [3.8, 4) is 0 Å². The van der Waals surface area contributed by atoms with E-state index in [4.69, 9.17) is 0 Å². The fourth-order valence-electron chi connectivity index (χ4n) is 0. The summed E-state index contributed by atoms with van der Waals surface area (Å²) < 4.78 is 18.9. The minimum absolute atomic E-state index is 0.975. The average Bonchev–Trinajstić information content (AvgIpc) is 0.722. The number of rotatable bonds is 0. The summed E-state index contributed by atoms with van der Waals surface area (Å²) in [4.78, 5) is 0. The van der Waals surface area contributed by atoms with Gasteiger partial charge in [0, 0.05) is 6.26 Å². The number of hydrogen-bond donors (Lipinski definition) is 0. The maximum absolute atomic E-state index is 9.45. The molecule has 0 aromatic heterocycles. The van der Waals surface area contributed by atoms with Gasteiger partial charge in [-0.2, -0.15) is 0 Å². The normalized spacial score (nSPS) is 11.6. The van der Waals surface area contributed by atoms with Gasteiger partial charge in [0.2, 0.25) is 8.87 Å². The van der Waals surface area contributed by atoms with Gasteiger partial charge in [-0.05, 0) is 0 Å². The Kier molecular flexibility index (Phi) is 1.25. The molecule has 0 unspecified atom stereocenters. The minimum atomic E-state index is -3.08. The van der Waals surface area contributed by atoms with Crippen molar-refractivity contribution in [1.29, 1.82) is 0 Å². The van der Waals surface area contributed by atoms with Crippen LogP contribution in [0.15, 0.2) is 0 Å². The molecule has 2 nitrogen and oxygen atoms in total. The highest BCUT2D eigenvalue weighted by Crippen LogP contribution is 1.82. The molecule has 0 rings (SSSR count). The van der Waals surface area contributed by atoms with Gasteiger partial charge in [-0.3, -0.25) is 0 Å². The molecule has 0 N–H and O–H groups in total. The molecule has 0 aromatic carbocycles. The first kappa shape index (κ1) is 5.30. The maximum atomic E-state index is 9.45. The van der Waals surface area contributed by atoms with Crippen LogP contribution in [0.4, 0.5) is 0 Å². The Bertz CT molecular complexity index is 90.8. The van der Waals surface area contributed by atoms with E-state index in [2.05, 4.69) is 11.7 Å². The van der Waals surface area contributed by atoms with E-state index in [-0.39, 0.29) is 0 Å². The molecule has 0 aliphatic heterocycles. The zero-order chi connectivity index (χ0) is 4.50. The van der Waals surface area contributed by atoms with Gasteiger partial charge in [-0.15, -0.1) is 0 Å². The Morgan fingerprint density at radius 1 is 1.60 bits per heavy atom. The third kappa shape index (κ3) is 253. The molecule has 0 atom stereocenters. The second-order valence-electron chi connectivity index (χ2n) is 0.704. The number of hydrogen-bond acceptors (Lipinski definition) is 2. The lowest BCUT2D eigenvalue weighted by Gasteiger charge is -1.65. The van der Waals surface area contributed by atoms with Crippen molar-refractivity contribution in [2.75, 3.05) is 6.26 Å². The van der Waals surface area contributed by atoms with Crippen LogP contribution >= 0.6 is 11.7 Å². The molecule has 0 aliphatic carbocycles. The van der Waals surface area contributed by atoms with Gasteiger partial charge in [-0.1, -0.05) is 0 Å². The van der Waals surface area contributed by atoms with Gasteiger partial charge < -0.3 is 0 Å². The van der Waals surface area contributed by atoms with Crippen LogP contribution in [0, 0.1) is 0 Å². The van der Waals surface area contributed by atoms with E-state index in [0.717, 1.165) is 6.26 Å². The highest BCUT2D eigenvalue weighted by atomic mass is 33.1. The van der Waals surface area contributed by atoms with Gasteiger partial charge in [0.05, 0.1) is 11.7 Å². The van der Waals surface area contributed by atoms with E-state index in [0.29, 0.717) is 0 Å². The first-order valence-electron chi connectivity index (χ1n) is 0.908. The first-order chi connectivity index (χ1) is 2.00. The van der Waals surface area contributed by atoms with Crippen LogP contribution < -0.4 is 0 Å². The summed E-state index contributed by atoms with van der Waals surface area (Å²) in [5, 5.41) is 0. The van der Waals surface area contributed by atoms with Gasteiger partial charge in [0.1, 0.15) is 0 Å². The van der Waals surface area contributed by atoms with Gasteiger partial charge in [-0.25, -0.2) is 8.42 Å². The van der Waals surface area contributed by atoms with Crippen LogP contribution in [0.5, 0.6) is 0 Å². The van der Waals surface area contributed by atoms with Crippen LogP contribution in [-0.4, -0.2) is 14.7 Å². The Balaban J connectivity index is 4.06. The lowest BCUT2D eigenvalue weighted by Crippen LogP contribution is -1.76. The lowest BCUT2D eigenvalue weighted by atomic mass is 12.0. The fraction of sp³-hybridized carbons (Fsp3) is 1.00. The molecule has 0 aliphatic rings.